The molecule has 0 amide bonds. The van der Waals surface area contributed by atoms with Crippen LogP contribution in [0.2, 0.25) is 0 Å². The quantitative estimate of drug-likeness (QED) is 0.922. The van der Waals surface area contributed by atoms with Crippen LogP contribution in [0.5, 0.6) is 0 Å². The van der Waals surface area contributed by atoms with Gasteiger partial charge in [0, 0.05) is 25.6 Å². The molecule has 0 spiro atoms. The zero-order valence-corrected chi connectivity index (χ0v) is 11.7. The third-order valence-corrected chi connectivity index (χ3v) is 3.85. The number of aromatic nitrogens is 3. The van der Waals surface area contributed by atoms with Gasteiger partial charge in [0.15, 0.2) is 0 Å². The first-order valence-electron chi connectivity index (χ1n) is 7.08. The lowest BCUT2D eigenvalue weighted by Crippen LogP contribution is -2.45. The van der Waals surface area contributed by atoms with Crippen LogP contribution in [0.15, 0.2) is 36.5 Å². The highest BCUT2D eigenvalue weighted by Crippen LogP contribution is 2.24. The number of morpholine rings is 1. The number of benzene rings is 1. The molecule has 3 rings (SSSR count). The van der Waals surface area contributed by atoms with Gasteiger partial charge >= 0.3 is 0 Å². The molecule has 1 aliphatic rings. The second-order valence-electron chi connectivity index (χ2n) is 5.29. The standard InChI is InChI=1S/C15H20N4O/c1-12-11-20-15(13-5-3-2-4-6-13)10-19(12)8-7-14-9-16-18-17-14/h2-6,9,12,15H,7-8,10-11H2,1H3,(H,16,17,18). The average molecular weight is 272 g/mol. The van der Waals surface area contributed by atoms with Gasteiger partial charge in [0.2, 0.25) is 0 Å². The molecule has 20 heavy (non-hydrogen) atoms. The highest BCUT2D eigenvalue weighted by atomic mass is 16.5. The summed E-state index contributed by atoms with van der Waals surface area (Å²) >= 11 is 0. The number of hydrogen-bond acceptors (Lipinski definition) is 4. The zero-order valence-electron chi connectivity index (χ0n) is 11.7. The van der Waals surface area contributed by atoms with Crippen molar-refractivity contribution < 1.29 is 4.74 Å². The molecule has 0 saturated carbocycles. The van der Waals surface area contributed by atoms with E-state index in [0.29, 0.717) is 6.04 Å². The first-order chi connectivity index (χ1) is 9.83. The van der Waals surface area contributed by atoms with Crippen LogP contribution < -0.4 is 0 Å². The van der Waals surface area contributed by atoms with E-state index in [0.717, 1.165) is 31.8 Å². The molecule has 0 aliphatic carbocycles. The molecule has 1 fully saturated rings. The Kier molecular flexibility index (Phi) is 4.08. The molecule has 1 saturated heterocycles. The van der Waals surface area contributed by atoms with Crippen LogP contribution in [0.25, 0.3) is 0 Å². The molecule has 1 aromatic carbocycles. The highest BCUT2D eigenvalue weighted by Gasteiger charge is 2.26. The molecule has 0 bridgehead atoms. The Hall–Kier alpha value is -1.72. The van der Waals surface area contributed by atoms with Gasteiger partial charge in [-0.05, 0) is 12.5 Å². The number of nitrogens with zero attached hydrogens (tertiary/aromatic N) is 3. The van der Waals surface area contributed by atoms with Gasteiger partial charge in [0.05, 0.1) is 24.6 Å². The Morgan fingerprint density at radius 2 is 2.20 bits per heavy atom. The van der Waals surface area contributed by atoms with Gasteiger partial charge in [-0.25, -0.2) is 0 Å². The van der Waals surface area contributed by atoms with Gasteiger partial charge in [-0.1, -0.05) is 30.3 Å². The van der Waals surface area contributed by atoms with E-state index >= 15 is 0 Å². The predicted molar refractivity (Wildman–Crippen MR) is 76.3 cm³/mol. The second-order valence-corrected chi connectivity index (χ2v) is 5.29. The van der Waals surface area contributed by atoms with E-state index < -0.39 is 0 Å². The molecule has 2 aromatic rings. The summed E-state index contributed by atoms with van der Waals surface area (Å²) in [5.41, 5.74) is 2.27. The minimum Gasteiger partial charge on any atom is -0.371 e. The molecule has 106 valence electrons. The van der Waals surface area contributed by atoms with E-state index in [1.165, 1.54) is 5.56 Å². The van der Waals surface area contributed by atoms with E-state index in [4.69, 9.17) is 4.74 Å². The number of nitrogens with one attached hydrogen (secondary N) is 1. The Bertz CT molecular complexity index is 514. The van der Waals surface area contributed by atoms with Gasteiger partial charge in [-0.3, -0.25) is 4.90 Å². The maximum absolute atomic E-state index is 5.97. The lowest BCUT2D eigenvalue weighted by molar-refractivity contribution is -0.0595. The van der Waals surface area contributed by atoms with Crippen LogP contribution in [0.4, 0.5) is 0 Å². The smallest absolute Gasteiger partial charge is 0.0952 e. The third kappa shape index (κ3) is 3.05. The summed E-state index contributed by atoms with van der Waals surface area (Å²) in [5, 5.41) is 10.6. The van der Waals surface area contributed by atoms with Gasteiger partial charge in [-0.15, -0.1) is 0 Å². The van der Waals surface area contributed by atoms with Crippen molar-refractivity contribution in [2.75, 3.05) is 19.7 Å². The summed E-state index contributed by atoms with van der Waals surface area (Å²) in [4.78, 5) is 2.47. The van der Waals surface area contributed by atoms with E-state index in [1.807, 2.05) is 6.07 Å². The van der Waals surface area contributed by atoms with Crippen LogP contribution >= 0.6 is 0 Å². The molecular formula is C15H20N4O. The molecule has 1 N–H and O–H groups in total. The van der Waals surface area contributed by atoms with Crippen molar-refractivity contribution in [2.45, 2.75) is 25.5 Å². The van der Waals surface area contributed by atoms with Crippen molar-refractivity contribution in [3.8, 4) is 0 Å². The topological polar surface area (TPSA) is 54.0 Å². The zero-order chi connectivity index (χ0) is 13.8. The Morgan fingerprint density at radius 3 is 2.95 bits per heavy atom. The summed E-state index contributed by atoms with van der Waals surface area (Å²) < 4.78 is 5.97. The predicted octanol–water partition coefficient (Wildman–Crippen LogP) is 1.81. The summed E-state index contributed by atoms with van der Waals surface area (Å²) in [6, 6.07) is 10.9. The van der Waals surface area contributed by atoms with Crippen LogP contribution in [0.3, 0.4) is 0 Å². The van der Waals surface area contributed by atoms with Crippen molar-refractivity contribution in [2.24, 2.45) is 0 Å². The monoisotopic (exact) mass is 272 g/mol. The van der Waals surface area contributed by atoms with E-state index in [9.17, 15) is 0 Å². The van der Waals surface area contributed by atoms with E-state index in [1.54, 1.807) is 6.20 Å². The molecule has 2 unspecified atom stereocenters. The number of H-pyrrole nitrogens is 1. The van der Waals surface area contributed by atoms with Crippen LogP contribution in [0.1, 0.15) is 24.3 Å². The van der Waals surface area contributed by atoms with Crippen molar-refractivity contribution >= 4 is 0 Å². The van der Waals surface area contributed by atoms with E-state index in [2.05, 4.69) is 51.5 Å². The summed E-state index contributed by atoms with van der Waals surface area (Å²) in [5.74, 6) is 0. The third-order valence-electron chi connectivity index (χ3n) is 3.85. The Labute approximate surface area is 118 Å². The number of hydrogen-bond donors (Lipinski definition) is 1. The molecule has 2 atom stereocenters. The number of rotatable bonds is 4. The average Bonchev–Trinajstić information content (AvgIpc) is 3.01. The van der Waals surface area contributed by atoms with Crippen molar-refractivity contribution in [1.82, 2.24) is 20.3 Å². The minimum absolute atomic E-state index is 0.171. The normalized spacial score (nSPS) is 23.9. The van der Waals surface area contributed by atoms with Gasteiger partial charge in [0.1, 0.15) is 0 Å². The lowest BCUT2D eigenvalue weighted by Gasteiger charge is -2.38. The fourth-order valence-corrected chi connectivity index (χ4v) is 2.59. The van der Waals surface area contributed by atoms with Crippen molar-refractivity contribution in [1.29, 1.82) is 0 Å². The summed E-state index contributed by atoms with van der Waals surface area (Å²) in [7, 11) is 0. The van der Waals surface area contributed by atoms with E-state index in [-0.39, 0.29) is 6.10 Å². The fourth-order valence-electron chi connectivity index (χ4n) is 2.59. The molecule has 1 aromatic heterocycles. The van der Waals surface area contributed by atoms with Gasteiger partial charge < -0.3 is 4.74 Å². The first-order valence-corrected chi connectivity index (χ1v) is 7.08. The maximum Gasteiger partial charge on any atom is 0.0952 e. The highest BCUT2D eigenvalue weighted by molar-refractivity contribution is 5.18. The van der Waals surface area contributed by atoms with Crippen LogP contribution in [-0.4, -0.2) is 46.0 Å². The molecule has 2 heterocycles. The molecule has 5 nitrogen and oxygen atoms in total. The second kappa shape index (κ2) is 6.15. The molecular weight excluding hydrogens is 252 g/mol. The molecule has 1 aliphatic heterocycles. The van der Waals surface area contributed by atoms with Crippen molar-refractivity contribution in [3.05, 3.63) is 47.8 Å². The largest absolute Gasteiger partial charge is 0.371 e. The van der Waals surface area contributed by atoms with Crippen LogP contribution in [0, 0.1) is 0 Å². The lowest BCUT2D eigenvalue weighted by atomic mass is 10.1. The summed E-state index contributed by atoms with van der Waals surface area (Å²) in [6.45, 7) is 4.91. The SMILES string of the molecule is CC1COC(c2ccccc2)CN1CCc1cn[nH]n1. The minimum atomic E-state index is 0.171. The summed E-state index contributed by atoms with van der Waals surface area (Å²) in [6.07, 6.45) is 2.88. The molecule has 5 heteroatoms. The number of aromatic amines is 1. The Balaban J connectivity index is 1.61. The van der Waals surface area contributed by atoms with Gasteiger partial charge in [0.25, 0.3) is 0 Å². The maximum atomic E-state index is 5.97. The number of ether oxygens (including phenoxy) is 1. The van der Waals surface area contributed by atoms with Crippen LogP contribution in [-0.2, 0) is 11.2 Å². The van der Waals surface area contributed by atoms with Crippen molar-refractivity contribution in [3.63, 3.8) is 0 Å². The molecule has 0 radical (unpaired) electrons. The van der Waals surface area contributed by atoms with Gasteiger partial charge in [-0.2, -0.15) is 15.4 Å². The first kappa shape index (κ1) is 13.3. The Morgan fingerprint density at radius 1 is 1.35 bits per heavy atom. The fraction of sp³-hybridized carbons (Fsp3) is 0.467.